The lowest BCUT2D eigenvalue weighted by atomic mass is 9.85. The van der Waals surface area contributed by atoms with E-state index in [1.54, 1.807) is 0 Å². The van der Waals surface area contributed by atoms with Crippen molar-refractivity contribution in [2.45, 2.75) is 38.3 Å². The van der Waals surface area contributed by atoms with Crippen molar-refractivity contribution in [3.05, 3.63) is 0 Å². The lowest BCUT2D eigenvalue weighted by Gasteiger charge is -2.28. The van der Waals surface area contributed by atoms with Crippen LogP contribution in [0, 0.1) is 5.92 Å². The highest BCUT2D eigenvalue weighted by molar-refractivity contribution is 5.85. The Morgan fingerprint density at radius 2 is 2.00 bits per heavy atom. The smallest absolute Gasteiger partial charge is 0.0580 e. The molecule has 0 unspecified atom stereocenters. The number of nitrogens with two attached hydrogens (primary N) is 1. The van der Waals surface area contributed by atoms with Crippen LogP contribution in [0.25, 0.3) is 0 Å². The Morgan fingerprint density at radius 3 is 2.40 bits per heavy atom. The van der Waals surface area contributed by atoms with E-state index in [1.165, 1.54) is 0 Å². The van der Waals surface area contributed by atoms with Crippen molar-refractivity contribution >= 4 is 12.4 Å². The predicted octanol–water partition coefficient (Wildman–Crippen LogP) is 0.916. The third-order valence-corrected chi connectivity index (χ3v) is 2.19. The second-order valence-electron chi connectivity index (χ2n) is 3.12. The first kappa shape index (κ1) is 10.2. The van der Waals surface area contributed by atoms with Gasteiger partial charge in [0.25, 0.3) is 0 Å². The maximum atomic E-state index is 9.27. The fourth-order valence-corrected chi connectivity index (χ4v) is 1.33. The van der Waals surface area contributed by atoms with Gasteiger partial charge in [-0.1, -0.05) is 6.92 Å². The largest absolute Gasteiger partial charge is 0.393 e. The van der Waals surface area contributed by atoms with Crippen LogP contribution in [0.1, 0.15) is 26.2 Å². The molecular weight excluding hydrogens is 150 g/mol. The summed E-state index contributed by atoms with van der Waals surface area (Å²) in [5.41, 5.74) is 5.63. The molecule has 1 rings (SSSR count). The van der Waals surface area contributed by atoms with E-state index in [0.717, 1.165) is 19.3 Å². The Balaban J connectivity index is 0.000000810. The molecule has 3 heteroatoms. The Bertz CT molecular complexity index is 99.6. The second-order valence-corrected chi connectivity index (χ2v) is 3.12. The standard InChI is InChI=1S/C7H15NO.ClH/c1-5-2-3-6(8)4-7(5)9;/h5-7,9H,2-4,8H2,1H3;1H/t5-,6-,7-;/m0./s1. The SMILES string of the molecule is C[C@H]1CC[C@H](N)C[C@@H]1O.Cl. The van der Waals surface area contributed by atoms with E-state index >= 15 is 0 Å². The molecular formula is C7H16ClNO. The van der Waals surface area contributed by atoms with Crippen LogP contribution in [-0.2, 0) is 0 Å². The van der Waals surface area contributed by atoms with Crippen LogP contribution in [0.3, 0.4) is 0 Å². The van der Waals surface area contributed by atoms with E-state index < -0.39 is 0 Å². The monoisotopic (exact) mass is 165 g/mol. The van der Waals surface area contributed by atoms with Gasteiger partial charge < -0.3 is 10.8 Å². The molecule has 1 fully saturated rings. The van der Waals surface area contributed by atoms with E-state index in [0.29, 0.717) is 5.92 Å². The van der Waals surface area contributed by atoms with Crippen LogP contribution in [-0.4, -0.2) is 17.3 Å². The molecule has 3 N–H and O–H groups in total. The minimum atomic E-state index is -0.145. The van der Waals surface area contributed by atoms with Gasteiger partial charge >= 0.3 is 0 Å². The zero-order valence-corrected chi connectivity index (χ0v) is 7.10. The summed E-state index contributed by atoms with van der Waals surface area (Å²) < 4.78 is 0. The first-order valence-corrected chi connectivity index (χ1v) is 3.64. The highest BCUT2D eigenvalue weighted by Crippen LogP contribution is 2.22. The summed E-state index contributed by atoms with van der Waals surface area (Å²) in [6, 6.07) is 0.246. The van der Waals surface area contributed by atoms with Gasteiger partial charge in [-0.15, -0.1) is 12.4 Å². The van der Waals surface area contributed by atoms with Crippen LogP contribution in [0.15, 0.2) is 0 Å². The Labute approximate surface area is 68.2 Å². The average molecular weight is 166 g/mol. The van der Waals surface area contributed by atoms with Crippen molar-refractivity contribution in [1.82, 2.24) is 0 Å². The molecule has 1 saturated carbocycles. The summed E-state index contributed by atoms with van der Waals surface area (Å²) in [6.07, 6.45) is 2.82. The van der Waals surface area contributed by atoms with Gasteiger partial charge in [0.1, 0.15) is 0 Å². The molecule has 1 aliphatic carbocycles. The molecule has 0 aromatic rings. The summed E-state index contributed by atoms with van der Waals surface area (Å²) in [5.74, 6) is 0.463. The molecule has 0 aliphatic heterocycles. The fraction of sp³-hybridized carbons (Fsp3) is 1.00. The van der Waals surface area contributed by atoms with E-state index in [2.05, 4.69) is 6.92 Å². The fourth-order valence-electron chi connectivity index (χ4n) is 1.33. The zero-order valence-electron chi connectivity index (χ0n) is 6.29. The summed E-state index contributed by atoms with van der Waals surface area (Å²) in [6.45, 7) is 2.08. The summed E-state index contributed by atoms with van der Waals surface area (Å²) in [7, 11) is 0. The lowest BCUT2D eigenvalue weighted by molar-refractivity contribution is 0.0708. The van der Waals surface area contributed by atoms with Crippen molar-refractivity contribution in [3.8, 4) is 0 Å². The summed E-state index contributed by atoms with van der Waals surface area (Å²) in [5, 5.41) is 9.27. The molecule has 0 heterocycles. The number of hydrogen-bond donors (Lipinski definition) is 2. The van der Waals surface area contributed by atoms with E-state index in [-0.39, 0.29) is 24.6 Å². The average Bonchev–Trinajstić information content (AvgIpc) is 1.80. The Morgan fingerprint density at radius 1 is 1.40 bits per heavy atom. The van der Waals surface area contributed by atoms with Crippen molar-refractivity contribution < 1.29 is 5.11 Å². The number of aliphatic hydroxyl groups is 1. The molecule has 62 valence electrons. The number of hydrogen-bond acceptors (Lipinski definition) is 2. The normalized spacial score (nSPS) is 40.5. The van der Waals surface area contributed by atoms with Gasteiger partial charge in [-0.05, 0) is 25.2 Å². The molecule has 1 aliphatic rings. The van der Waals surface area contributed by atoms with Crippen molar-refractivity contribution in [2.75, 3.05) is 0 Å². The molecule has 0 bridgehead atoms. The topological polar surface area (TPSA) is 46.2 Å². The minimum absolute atomic E-state index is 0. The van der Waals surface area contributed by atoms with Gasteiger partial charge in [-0.3, -0.25) is 0 Å². The molecule has 2 nitrogen and oxygen atoms in total. The van der Waals surface area contributed by atoms with E-state index in [1.807, 2.05) is 0 Å². The van der Waals surface area contributed by atoms with Gasteiger partial charge in [0, 0.05) is 6.04 Å². The van der Waals surface area contributed by atoms with Crippen molar-refractivity contribution in [3.63, 3.8) is 0 Å². The molecule has 0 aromatic carbocycles. The van der Waals surface area contributed by atoms with E-state index in [9.17, 15) is 5.11 Å². The quantitative estimate of drug-likeness (QED) is 0.561. The maximum Gasteiger partial charge on any atom is 0.0580 e. The molecule has 0 amide bonds. The van der Waals surface area contributed by atoms with Crippen LogP contribution in [0.5, 0.6) is 0 Å². The molecule has 3 atom stereocenters. The molecule has 10 heavy (non-hydrogen) atoms. The Kier molecular flexibility index (Phi) is 4.25. The third-order valence-electron chi connectivity index (χ3n) is 2.19. The first-order valence-electron chi connectivity index (χ1n) is 3.64. The molecule has 0 aromatic heterocycles. The molecule has 0 saturated heterocycles. The Hall–Kier alpha value is 0.210. The van der Waals surface area contributed by atoms with Gasteiger partial charge in [0.15, 0.2) is 0 Å². The predicted molar refractivity (Wildman–Crippen MR) is 44.2 cm³/mol. The van der Waals surface area contributed by atoms with Gasteiger partial charge in [0.2, 0.25) is 0 Å². The van der Waals surface area contributed by atoms with Crippen LogP contribution < -0.4 is 5.73 Å². The summed E-state index contributed by atoms with van der Waals surface area (Å²) in [4.78, 5) is 0. The maximum absolute atomic E-state index is 9.27. The zero-order chi connectivity index (χ0) is 6.85. The summed E-state index contributed by atoms with van der Waals surface area (Å²) >= 11 is 0. The van der Waals surface area contributed by atoms with Gasteiger partial charge in [0.05, 0.1) is 6.10 Å². The van der Waals surface area contributed by atoms with Crippen molar-refractivity contribution in [2.24, 2.45) is 11.7 Å². The highest BCUT2D eigenvalue weighted by Gasteiger charge is 2.22. The van der Waals surface area contributed by atoms with Crippen LogP contribution in [0.4, 0.5) is 0 Å². The van der Waals surface area contributed by atoms with Gasteiger partial charge in [-0.2, -0.15) is 0 Å². The molecule has 0 radical (unpaired) electrons. The lowest BCUT2D eigenvalue weighted by Crippen LogP contribution is -2.35. The van der Waals surface area contributed by atoms with Crippen molar-refractivity contribution in [1.29, 1.82) is 0 Å². The highest BCUT2D eigenvalue weighted by atomic mass is 35.5. The van der Waals surface area contributed by atoms with Gasteiger partial charge in [-0.25, -0.2) is 0 Å². The second kappa shape index (κ2) is 4.16. The van der Waals surface area contributed by atoms with Crippen LogP contribution in [0.2, 0.25) is 0 Å². The molecule has 0 spiro atoms. The number of aliphatic hydroxyl groups excluding tert-OH is 1. The van der Waals surface area contributed by atoms with Crippen LogP contribution >= 0.6 is 12.4 Å². The minimum Gasteiger partial charge on any atom is -0.393 e. The number of halogens is 1. The third kappa shape index (κ3) is 2.45. The first-order chi connectivity index (χ1) is 4.20. The number of rotatable bonds is 0. The van der Waals surface area contributed by atoms with E-state index in [4.69, 9.17) is 5.73 Å².